The fraction of sp³-hybridized carbons (Fsp3) is 0.478. The van der Waals surface area contributed by atoms with Crippen molar-refractivity contribution in [2.24, 2.45) is 0 Å². The molecule has 2 aromatic heterocycles. The molecule has 1 aliphatic heterocycles. The maximum absolute atomic E-state index is 13.2. The zero-order valence-electron chi connectivity index (χ0n) is 18.2. The predicted octanol–water partition coefficient (Wildman–Crippen LogP) is 4.75. The fourth-order valence-electron chi connectivity index (χ4n) is 3.97. The van der Waals surface area contributed by atoms with E-state index in [1.165, 1.54) is 37.4 Å². The third-order valence-corrected chi connectivity index (χ3v) is 7.06. The number of hydrogen-bond donors (Lipinski definition) is 1. The molecule has 1 aromatic carbocycles. The van der Waals surface area contributed by atoms with E-state index in [0.717, 1.165) is 18.5 Å². The maximum atomic E-state index is 13.2. The lowest BCUT2D eigenvalue weighted by molar-refractivity contribution is -0.121. The van der Waals surface area contributed by atoms with Crippen molar-refractivity contribution in [3.8, 4) is 5.69 Å². The molecule has 1 amide bonds. The molecule has 4 rings (SSSR count). The third kappa shape index (κ3) is 5.02. The van der Waals surface area contributed by atoms with Gasteiger partial charge in [0.05, 0.1) is 17.9 Å². The Morgan fingerprint density at radius 1 is 1.19 bits per heavy atom. The molecule has 1 aliphatic rings. The number of halogens is 1. The predicted molar refractivity (Wildman–Crippen MR) is 129 cm³/mol. The van der Waals surface area contributed by atoms with Crippen molar-refractivity contribution >= 4 is 40.3 Å². The summed E-state index contributed by atoms with van der Waals surface area (Å²) in [6, 6.07) is 7.04. The van der Waals surface area contributed by atoms with Crippen LogP contribution in [0.2, 0.25) is 5.02 Å². The van der Waals surface area contributed by atoms with Crippen molar-refractivity contribution in [1.29, 1.82) is 0 Å². The Morgan fingerprint density at radius 3 is 2.72 bits per heavy atom. The van der Waals surface area contributed by atoms with Gasteiger partial charge in [0.2, 0.25) is 5.91 Å². The van der Waals surface area contributed by atoms with Crippen LogP contribution in [0.4, 0.5) is 0 Å². The number of nitrogens with one attached hydrogen (secondary N) is 1. The van der Waals surface area contributed by atoms with Crippen LogP contribution in [0, 0.1) is 0 Å². The lowest BCUT2D eigenvalue weighted by Gasteiger charge is -2.13. The van der Waals surface area contributed by atoms with Crippen molar-refractivity contribution < 1.29 is 4.79 Å². The summed E-state index contributed by atoms with van der Waals surface area (Å²) < 4.78 is 3.31. The minimum atomic E-state index is -0.192. The van der Waals surface area contributed by atoms with Gasteiger partial charge in [-0.25, -0.2) is 9.67 Å². The van der Waals surface area contributed by atoms with Crippen molar-refractivity contribution in [3.05, 3.63) is 45.8 Å². The summed E-state index contributed by atoms with van der Waals surface area (Å²) in [5.41, 5.74) is 1.16. The number of benzene rings is 1. The number of rotatable bonds is 10. The Bertz CT molecular complexity index is 1140. The first-order chi connectivity index (χ1) is 15.6. The molecule has 0 bridgehead atoms. The van der Waals surface area contributed by atoms with Crippen LogP contribution in [-0.2, 0) is 4.79 Å². The molecule has 1 unspecified atom stereocenters. The quantitative estimate of drug-likeness (QED) is 0.339. The van der Waals surface area contributed by atoms with Gasteiger partial charge in [0.1, 0.15) is 5.39 Å². The number of unbranched alkanes of at least 4 members (excludes halogenated alkanes) is 5. The van der Waals surface area contributed by atoms with Crippen LogP contribution in [0.1, 0.15) is 57.9 Å². The van der Waals surface area contributed by atoms with Crippen molar-refractivity contribution in [2.75, 3.05) is 12.3 Å². The molecule has 0 radical (unpaired) electrons. The second-order valence-corrected chi connectivity index (χ2v) is 9.55. The number of nitrogens with zero attached hydrogens (tertiary/aromatic N) is 4. The van der Waals surface area contributed by atoms with E-state index >= 15 is 0 Å². The summed E-state index contributed by atoms with van der Waals surface area (Å²) in [4.78, 5) is 30.4. The van der Waals surface area contributed by atoms with Gasteiger partial charge >= 0.3 is 0 Å². The summed E-state index contributed by atoms with van der Waals surface area (Å²) in [6.45, 7) is 2.90. The van der Waals surface area contributed by atoms with Crippen LogP contribution in [0.5, 0.6) is 0 Å². The number of fused-ring (bicyclic) bond motifs is 2. The van der Waals surface area contributed by atoms with E-state index < -0.39 is 0 Å². The monoisotopic (exact) mass is 473 g/mol. The number of carbonyl (C=O) groups is 1. The van der Waals surface area contributed by atoms with E-state index in [4.69, 9.17) is 16.6 Å². The first kappa shape index (κ1) is 22.9. The van der Waals surface area contributed by atoms with Gasteiger partial charge in [0, 0.05) is 23.7 Å². The van der Waals surface area contributed by atoms with Gasteiger partial charge in [-0.1, -0.05) is 62.4 Å². The molecule has 7 nitrogen and oxygen atoms in total. The Balaban J connectivity index is 1.43. The lowest BCUT2D eigenvalue weighted by atomic mass is 10.1. The Labute approximate surface area is 196 Å². The number of thioether (sulfide) groups is 1. The smallest absolute Gasteiger partial charge is 0.265 e. The summed E-state index contributed by atoms with van der Waals surface area (Å²) in [5, 5.41) is 9.09. The van der Waals surface area contributed by atoms with Crippen molar-refractivity contribution in [1.82, 2.24) is 24.6 Å². The summed E-state index contributed by atoms with van der Waals surface area (Å²) in [6.07, 6.45) is 8.97. The van der Waals surface area contributed by atoms with Crippen molar-refractivity contribution in [2.45, 2.75) is 63.1 Å². The van der Waals surface area contributed by atoms with E-state index in [2.05, 4.69) is 17.3 Å². The van der Waals surface area contributed by atoms with Crippen LogP contribution in [0.25, 0.3) is 16.7 Å². The van der Waals surface area contributed by atoms with Gasteiger partial charge in [-0.05, 0) is 30.7 Å². The highest BCUT2D eigenvalue weighted by Crippen LogP contribution is 2.33. The van der Waals surface area contributed by atoms with Gasteiger partial charge in [0.15, 0.2) is 10.8 Å². The van der Waals surface area contributed by atoms with Gasteiger partial charge in [0.25, 0.3) is 5.56 Å². The minimum Gasteiger partial charge on any atom is -0.356 e. The van der Waals surface area contributed by atoms with Crippen LogP contribution in [0.3, 0.4) is 0 Å². The number of amides is 1. The van der Waals surface area contributed by atoms with E-state index in [1.54, 1.807) is 27.6 Å². The first-order valence-corrected chi connectivity index (χ1v) is 12.6. The normalized spacial score (nSPS) is 15.2. The minimum absolute atomic E-state index is 0.0131. The molecule has 3 aromatic rings. The van der Waals surface area contributed by atoms with Gasteiger partial charge < -0.3 is 5.32 Å². The van der Waals surface area contributed by atoms with E-state index in [-0.39, 0.29) is 23.9 Å². The van der Waals surface area contributed by atoms with E-state index in [1.807, 2.05) is 12.1 Å². The zero-order valence-corrected chi connectivity index (χ0v) is 19.8. The molecule has 0 spiro atoms. The van der Waals surface area contributed by atoms with E-state index in [0.29, 0.717) is 33.5 Å². The molecular weight excluding hydrogens is 446 g/mol. The number of carbonyl (C=O) groups excluding carboxylic acids is 1. The highest BCUT2D eigenvalue weighted by molar-refractivity contribution is 7.99. The van der Waals surface area contributed by atoms with Crippen LogP contribution >= 0.6 is 23.4 Å². The average Bonchev–Trinajstić information content (AvgIpc) is 3.39. The van der Waals surface area contributed by atoms with Gasteiger partial charge in [-0.2, -0.15) is 5.10 Å². The highest BCUT2D eigenvalue weighted by atomic mass is 35.5. The molecule has 1 N–H and O–H groups in total. The molecule has 0 fully saturated rings. The van der Waals surface area contributed by atoms with Gasteiger partial charge in [-0.15, -0.1) is 0 Å². The van der Waals surface area contributed by atoms with E-state index in [9.17, 15) is 9.59 Å². The Hall–Kier alpha value is -2.32. The molecule has 9 heteroatoms. The fourth-order valence-corrected chi connectivity index (χ4v) is 5.23. The first-order valence-electron chi connectivity index (χ1n) is 11.2. The SMILES string of the molecule is CCCCCCCCNC(=O)CC1CSc2nc3c(cnn3-c3ccc(Cl)cc3)c(=O)n21. The summed E-state index contributed by atoms with van der Waals surface area (Å²) in [7, 11) is 0. The second kappa shape index (κ2) is 10.5. The van der Waals surface area contributed by atoms with Crippen LogP contribution in [0.15, 0.2) is 40.4 Å². The molecular formula is C23H28ClN5O2S. The summed E-state index contributed by atoms with van der Waals surface area (Å²) >= 11 is 7.49. The molecule has 32 heavy (non-hydrogen) atoms. The van der Waals surface area contributed by atoms with Gasteiger partial charge in [-0.3, -0.25) is 14.2 Å². The van der Waals surface area contributed by atoms with Crippen LogP contribution < -0.4 is 10.9 Å². The molecule has 1 atom stereocenters. The largest absolute Gasteiger partial charge is 0.356 e. The summed E-state index contributed by atoms with van der Waals surface area (Å²) in [5.74, 6) is 0.647. The molecule has 0 saturated heterocycles. The average molecular weight is 474 g/mol. The topological polar surface area (TPSA) is 81.8 Å². The molecule has 0 saturated carbocycles. The number of hydrogen-bond acceptors (Lipinski definition) is 5. The Kier molecular flexibility index (Phi) is 7.52. The van der Waals surface area contributed by atoms with Crippen molar-refractivity contribution in [3.63, 3.8) is 0 Å². The molecule has 3 heterocycles. The standard InChI is InChI=1S/C23H28ClN5O2S/c1-2-3-4-5-6-7-12-25-20(30)13-18-15-32-23-27-21-19(22(31)28(18)23)14-26-29(21)17-10-8-16(24)9-11-17/h8-11,14,18H,2-7,12-13,15H2,1H3,(H,25,30). The Morgan fingerprint density at radius 2 is 1.94 bits per heavy atom. The molecule has 0 aliphatic carbocycles. The third-order valence-electron chi connectivity index (χ3n) is 5.72. The van der Waals surface area contributed by atoms with Crippen LogP contribution in [-0.4, -0.2) is 37.5 Å². The second-order valence-electron chi connectivity index (χ2n) is 8.13. The maximum Gasteiger partial charge on any atom is 0.265 e. The lowest BCUT2D eigenvalue weighted by Crippen LogP contribution is -2.31. The molecule has 170 valence electrons. The zero-order chi connectivity index (χ0) is 22.5. The number of aromatic nitrogens is 4. The highest BCUT2D eigenvalue weighted by Gasteiger charge is 2.29.